The number of anilines is 1. The highest BCUT2D eigenvalue weighted by Crippen LogP contribution is 2.07. The number of hydrogen-bond acceptors (Lipinski definition) is 5. The van der Waals surface area contributed by atoms with Crippen molar-refractivity contribution in [2.45, 2.75) is 13.5 Å². The number of carbonyl (C=O) groups is 1. The molecule has 0 aromatic carbocycles. The first kappa shape index (κ1) is 14.8. The Bertz CT molecular complexity index is 599. The highest BCUT2D eigenvalue weighted by Gasteiger charge is 2.07. The van der Waals surface area contributed by atoms with Crippen LogP contribution in [0.4, 0.5) is 5.82 Å². The van der Waals surface area contributed by atoms with Gasteiger partial charge in [-0.1, -0.05) is 12.1 Å². The van der Waals surface area contributed by atoms with Crippen LogP contribution < -0.4 is 15.4 Å². The van der Waals surface area contributed by atoms with Gasteiger partial charge in [-0.05, 0) is 24.6 Å². The zero-order chi connectivity index (χ0) is 15.1. The SMILES string of the molecule is CCNc1cccc(C(=O)NCc2ccc(OC)nc2)n1. The standard InChI is InChI=1S/C15H18N4O2/c1-3-16-13-6-4-5-12(19-13)15(20)18-10-11-7-8-14(21-2)17-9-11/h4-9H,3,10H2,1-2H3,(H,16,19)(H,18,20). The predicted molar refractivity (Wildman–Crippen MR) is 80.4 cm³/mol. The van der Waals surface area contributed by atoms with Crippen molar-refractivity contribution in [3.05, 3.63) is 47.8 Å². The number of ether oxygens (including phenoxy) is 1. The van der Waals surface area contributed by atoms with Gasteiger partial charge in [0.1, 0.15) is 11.5 Å². The lowest BCUT2D eigenvalue weighted by Crippen LogP contribution is -2.24. The van der Waals surface area contributed by atoms with Crippen LogP contribution in [-0.4, -0.2) is 29.5 Å². The molecule has 0 unspecified atom stereocenters. The van der Waals surface area contributed by atoms with Crippen LogP contribution >= 0.6 is 0 Å². The van der Waals surface area contributed by atoms with Gasteiger partial charge in [-0.2, -0.15) is 0 Å². The average Bonchev–Trinajstić information content (AvgIpc) is 2.53. The topological polar surface area (TPSA) is 76.1 Å². The molecule has 2 aromatic rings. The molecule has 0 saturated carbocycles. The summed E-state index contributed by atoms with van der Waals surface area (Å²) >= 11 is 0. The minimum Gasteiger partial charge on any atom is -0.481 e. The third kappa shape index (κ3) is 4.17. The van der Waals surface area contributed by atoms with Crippen molar-refractivity contribution >= 4 is 11.7 Å². The number of amides is 1. The van der Waals surface area contributed by atoms with Crippen molar-refractivity contribution in [2.24, 2.45) is 0 Å². The predicted octanol–water partition coefficient (Wildman–Crippen LogP) is 1.85. The maximum atomic E-state index is 12.1. The van der Waals surface area contributed by atoms with E-state index in [-0.39, 0.29) is 5.91 Å². The fraction of sp³-hybridized carbons (Fsp3) is 0.267. The van der Waals surface area contributed by atoms with Gasteiger partial charge in [0.2, 0.25) is 5.88 Å². The molecular formula is C15H18N4O2. The number of pyridine rings is 2. The van der Waals surface area contributed by atoms with Gasteiger partial charge in [-0.15, -0.1) is 0 Å². The van der Waals surface area contributed by atoms with E-state index in [0.29, 0.717) is 23.9 Å². The quantitative estimate of drug-likeness (QED) is 0.847. The van der Waals surface area contributed by atoms with Crippen LogP contribution in [0.1, 0.15) is 23.0 Å². The van der Waals surface area contributed by atoms with Crippen molar-refractivity contribution in [1.29, 1.82) is 0 Å². The zero-order valence-electron chi connectivity index (χ0n) is 12.1. The van der Waals surface area contributed by atoms with Crippen LogP contribution in [0, 0.1) is 0 Å². The van der Waals surface area contributed by atoms with Gasteiger partial charge in [0.25, 0.3) is 5.91 Å². The maximum Gasteiger partial charge on any atom is 0.270 e. The molecule has 0 atom stereocenters. The Kier molecular flexibility index (Phi) is 5.09. The van der Waals surface area contributed by atoms with E-state index in [1.165, 1.54) is 0 Å². The minimum atomic E-state index is -0.217. The van der Waals surface area contributed by atoms with Crippen LogP contribution in [0.3, 0.4) is 0 Å². The number of carbonyl (C=O) groups excluding carboxylic acids is 1. The third-order valence-electron chi connectivity index (χ3n) is 2.80. The van der Waals surface area contributed by atoms with E-state index in [9.17, 15) is 4.79 Å². The van der Waals surface area contributed by atoms with Gasteiger partial charge in [0, 0.05) is 25.4 Å². The summed E-state index contributed by atoms with van der Waals surface area (Å²) in [6.07, 6.45) is 1.67. The molecule has 2 N–H and O–H groups in total. The molecule has 2 heterocycles. The van der Waals surface area contributed by atoms with E-state index in [1.54, 1.807) is 31.5 Å². The minimum absolute atomic E-state index is 0.217. The van der Waals surface area contributed by atoms with Crippen LogP contribution in [0.25, 0.3) is 0 Å². The van der Waals surface area contributed by atoms with Crippen molar-refractivity contribution in [2.75, 3.05) is 19.0 Å². The Morgan fingerprint density at radius 2 is 2.14 bits per heavy atom. The first-order valence-corrected chi connectivity index (χ1v) is 6.71. The smallest absolute Gasteiger partial charge is 0.270 e. The van der Waals surface area contributed by atoms with Crippen molar-refractivity contribution in [1.82, 2.24) is 15.3 Å². The second-order valence-electron chi connectivity index (χ2n) is 4.33. The first-order valence-electron chi connectivity index (χ1n) is 6.71. The molecule has 6 heteroatoms. The fourth-order valence-corrected chi connectivity index (χ4v) is 1.75. The lowest BCUT2D eigenvalue weighted by Gasteiger charge is -2.07. The molecule has 0 aliphatic rings. The van der Waals surface area contributed by atoms with Crippen molar-refractivity contribution in [3.8, 4) is 5.88 Å². The highest BCUT2D eigenvalue weighted by atomic mass is 16.5. The Morgan fingerprint density at radius 1 is 1.29 bits per heavy atom. The molecule has 0 aliphatic carbocycles. The van der Waals surface area contributed by atoms with Gasteiger partial charge in [-0.3, -0.25) is 4.79 Å². The fourth-order valence-electron chi connectivity index (χ4n) is 1.75. The molecule has 6 nitrogen and oxygen atoms in total. The summed E-state index contributed by atoms with van der Waals surface area (Å²) in [7, 11) is 1.56. The highest BCUT2D eigenvalue weighted by molar-refractivity contribution is 5.92. The van der Waals surface area contributed by atoms with Crippen LogP contribution in [0.15, 0.2) is 36.5 Å². The van der Waals surface area contributed by atoms with E-state index >= 15 is 0 Å². The van der Waals surface area contributed by atoms with E-state index in [1.807, 2.05) is 19.1 Å². The van der Waals surface area contributed by atoms with Gasteiger partial charge >= 0.3 is 0 Å². The van der Waals surface area contributed by atoms with Gasteiger partial charge in [0.15, 0.2) is 0 Å². The Morgan fingerprint density at radius 3 is 2.81 bits per heavy atom. The van der Waals surface area contributed by atoms with E-state index < -0.39 is 0 Å². The molecule has 0 spiro atoms. The number of nitrogens with zero attached hydrogens (tertiary/aromatic N) is 2. The summed E-state index contributed by atoms with van der Waals surface area (Å²) in [4.78, 5) is 20.4. The molecule has 0 bridgehead atoms. The molecule has 2 aromatic heterocycles. The Labute approximate surface area is 123 Å². The Balaban J connectivity index is 1.95. The number of rotatable bonds is 6. The maximum absolute atomic E-state index is 12.1. The summed E-state index contributed by atoms with van der Waals surface area (Å²) < 4.78 is 4.98. The van der Waals surface area contributed by atoms with Gasteiger partial charge in [0.05, 0.1) is 7.11 Å². The number of aromatic nitrogens is 2. The van der Waals surface area contributed by atoms with Crippen LogP contribution in [-0.2, 0) is 6.54 Å². The summed E-state index contributed by atoms with van der Waals surface area (Å²) in [6.45, 7) is 3.13. The second-order valence-corrected chi connectivity index (χ2v) is 4.33. The Hall–Kier alpha value is -2.63. The van der Waals surface area contributed by atoms with Gasteiger partial charge < -0.3 is 15.4 Å². The van der Waals surface area contributed by atoms with E-state index in [4.69, 9.17) is 4.74 Å². The molecule has 0 fully saturated rings. The number of methoxy groups -OCH3 is 1. The molecule has 110 valence electrons. The molecule has 21 heavy (non-hydrogen) atoms. The summed E-state index contributed by atoms with van der Waals surface area (Å²) in [5.41, 5.74) is 1.28. The average molecular weight is 286 g/mol. The molecule has 0 radical (unpaired) electrons. The molecular weight excluding hydrogens is 268 g/mol. The zero-order valence-corrected chi connectivity index (χ0v) is 12.1. The number of nitrogens with one attached hydrogen (secondary N) is 2. The van der Waals surface area contributed by atoms with Crippen molar-refractivity contribution in [3.63, 3.8) is 0 Å². The van der Waals surface area contributed by atoms with Crippen LogP contribution in [0.2, 0.25) is 0 Å². The van der Waals surface area contributed by atoms with Crippen molar-refractivity contribution < 1.29 is 9.53 Å². The first-order chi connectivity index (χ1) is 10.2. The molecule has 0 aliphatic heterocycles. The lowest BCUT2D eigenvalue weighted by atomic mass is 10.2. The van der Waals surface area contributed by atoms with E-state index in [2.05, 4.69) is 20.6 Å². The number of hydrogen-bond donors (Lipinski definition) is 2. The summed E-state index contributed by atoms with van der Waals surface area (Å²) in [5, 5.41) is 5.89. The molecule has 1 amide bonds. The summed E-state index contributed by atoms with van der Waals surface area (Å²) in [5.74, 6) is 1.02. The molecule has 2 rings (SSSR count). The normalized spacial score (nSPS) is 10.0. The second kappa shape index (κ2) is 7.23. The largest absolute Gasteiger partial charge is 0.481 e. The monoisotopic (exact) mass is 286 g/mol. The van der Waals surface area contributed by atoms with E-state index in [0.717, 1.165) is 12.1 Å². The summed E-state index contributed by atoms with van der Waals surface area (Å²) in [6, 6.07) is 8.92. The van der Waals surface area contributed by atoms with Crippen LogP contribution in [0.5, 0.6) is 5.88 Å². The lowest BCUT2D eigenvalue weighted by molar-refractivity contribution is 0.0946. The third-order valence-corrected chi connectivity index (χ3v) is 2.80. The van der Waals surface area contributed by atoms with Gasteiger partial charge in [-0.25, -0.2) is 9.97 Å². The molecule has 0 saturated heterocycles.